The molecule has 0 saturated heterocycles. The summed E-state index contributed by atoms with van der Waals surface area (Å²) in [5.74, 6) is -0.353. The smallest absolute Gasteiger partial charge is 0.423 e. The van der Waals surface area contributed by atoms with Crippen molar-refractivity contribution in [1.29, 1.82) is 0 Å². The summed E-state index contributed by atoms with van der Waals surface area (Å²) in [4.78, 5) is 7.74. The highest BCUT2D eigenvalue weighted by Gasteiger charge is 2.36. The van der Waals surface area contributed by atoms with Crippen LogP contribution in [-0.2, 0) is 12.6 Å². The molecule has 0 saturated carbocycles. The lowest BCUT2D eigenvalue weighted by atomic mass is 10.1. The Morgan fingerprint density at radius 3 is 2.37 bits per heavy atom. The van der Waals surface area contributed by atoms with Crippen LogP contribution in [0.2, 0.25) is 0 Å². The van der Waals surface area contributed by atoms with Crippen LogP contribution < -0.4 is 10.1 Å². The summed E-state index contributed by atoms with van der Waals surface area (Å²) in [6, 6.07) is 7.66. The van der Waals surface area contributed by atoms with E-state index < -0.39 is 17.6 Å². The van der Waals surface area contributed by atoms with Crippen LogP contribution in [0, 0.1) is 0 Å². The number of hydrogen-bond donors (Lipinski definition) is 1. The third-order valence-corrected chi connectivity index (χ3v) is 4.04. The number of ether oxygens (including phenoxy) is 1. The van der Waals surface area contributed by atoms with E-state index in [-0.39, 0.29) is 12.6 Å². The Hall–Kier alpha value is -2.31. The Morgan fingerprint density at radius 2 is 1.74 bits per heavy atom. The van der Waals surface area contributed by atoms with Crippen molar-refractivity contribution >= 4 is 11.6 Å². The van der Waals surface area contributed by atoms with Gasteiger partial charge in [-0.05, 0) is 30.5 Å². The summed E-state index contributed by atoms with van der Waals surface area (Å²) in [5.41, 5.74) is 0.956. The van der Waals surface area contributed by atoms with Gasteiger partial charge in [0, 0.05) is 11.9 Å². The third kappa shape index (κ3) is 6.73. The van der Waals surface area contributed by atoms with Gasteiger partial charge < -0.3 is 10.1 Å². The van der Waals surface area contributed by atoms with Gasteiger partial charge in [-0.1, -0.05) is 51.7 Å². The molecule has 0 atom stereocenters. The highest BCUT2D eigenvalue weighted by Crippen LogP contribution is 2.35. The molecule has 0 aliphatic heterocycles. The average Bonchev–Trinajstić information content (AvgIpc) is 2.63. The van der Waals surface area contributed by atoms with Crippen molar-refractivity contribution in [3.63, 3.8) is 0 Å². The topological polar surface area (TPSA) is 47.0 Å². The van der Waals surface area contributed by atoms with Gasteiger partial charge in [0.2, 0.25) is 11.8 Å². The first-order chi connectivity index (χ1) is 12.9. The van der Waals surface area contributed by atoms with Crippen molar-refractivity contribution < 1.29 is 17.9 Å². The van der Waals surface area contributed by atoms with Crippen molar-refractivity contribution in [1.82, 2.24) is 9.97 Å². The number of unbranched alkanes of at least 4 members (excludes halogenated alkanes) is 3. The first-order valence-electron chi connectivity index (χ1n) is 9.37. The number of hydrogen-bond acceptors (Lipinski definition) is 4. The first-order valence-corrected chi connectivity index (χ1v) is 9.37. The summed E-state index contributed by atoms with van der Waals surface area (Å²) in [5, 5.41) is 2.93. The van der Waals surface area contributed by atoms with Crippen molar-refractivity contribution in [2.75, 3.05) is 11.9 Å². The fourth-order valence-electron chi connectivity index (χ4n) is 2.60. The Bertz CT molecular complexity index is 703. The molecule has 1 N–H and O–H groups in total. The van der Waals surface area contributed by atoms with Gasteiger partial charge >= 0.3 is 6.18 Å². The van der Waals surface area contributed by atoms with Gasteiger partial charge in [-0.2, -0.15) is 18.2 Å². The average molecular weight is 381 g/mol. The van der Waals surface area contributed by atoms with Crippen LogP contribution in [0.3, 0.4) is 0 Å². The molecule has 1 heterocycles. The molecular weight excluding hydrogens is 355 g/mol. The molecule has 2 aromatic rings. The largest absolute Gasteiger partial charge is 0.477 e. The second-order valence-electron chi connectivity index (χ2n) is 6.39. The van der Waals surface area contributed by atoms with E-state index >= 15 is 0 Å². The molecule has 1 aromatic carbocycles. The van der Waals surface area contributed by atoms with Gasteiger partial charge in [0.25, 0.3) is 0 Å². The van der Waals surface area contributed by atoms with E-state index in [1.807, 2.05) is 24.3 Å². The summed E-state index contributed by atoms with van der Waals surface area (Å²) in [6.07, 6.45) is 1.92. The van der Waals surface area contributed by atoms with E-state index in [2.05, 4.69) is 29.1 Å². The van der Waals surface area contributed by atoms with Crippen molar-refractivity contribution in [2.24, 2.45) is 0 Å². The standard InChI is InChI=1S/C20H26F3N3O/c1-3-5-6-7-13-27-18-17(20(21,22)23)14-24-19(26-18)25-16-11-9-15(8-4-2)10-12-16/h9-12,14H,3-8,13H2,1-2H3,(H,24,25,26). The van der Waals surface area contributed by atoms with E-state index in [1.165, 1.54) is 5.56 Å². The maximum Gasteiger partial charge on any atom is 0.423 e. The molecule has 0 unspecified atom stereocenters. The lowest BCUT2D eigenvalue weighted by molar-refractivity contribution is -0.139. The van der Waals surface area contributed by atoms with E-state index in [9.17, 15) is 13.2 Å². The molecule has 148 valence electrons. The van der Waals surface area contributed by atoms with E-state index in [1.54, 1.807) is 0 Å². The van der Waals surface area contributed by atoms with E-state index in [0.29, 0.717) is 12.1 Å². The summed E-state index contributed by atoms with van der Waals surface area (Å²) >= 11 is 0. The van der Waals surface area contributed by atoms with Crippen LogP contribution >= 0.6 is 0 Å². The summed E-state index contributed by atoms with van der Waals surface area (Å²) in [7, 11) is 0. The van der Waals surface area contributed by atoms with Gasteiger partial charge in [-0.25, -0.2) is 4.98 Å². The minimum atomic E-state index is -4.56. The number of nitrogens with one attached hydrogen (secondary N) is 1. The number of rotatable bonds is 10. The highest BCUT2D eigenvalue weighted by molar-refractivity contribution is 5.54. The Labute approximate surface area is 158 Å². The lowest BCUT2D eigenvalue weighted by Crippen LogP contribution is -2.13. The fraction of sp³-hybridized carbons (Fsp3) is 0.500. The molecular formula is C20H26F3N3O. The quantitative estimate of drug-likeness (QED) is 0.501. The van der Waals surface area contributed by atoms with E-state index in [0.717, 1.165) is 38.3 Å². The van der Waals surface area contributed by atoms with Gasteiger partial charge in [-0.3, -0.25) is 0 Å². The van der Waals surface area contributed by atoms with Crippen LogP contribution in [0.25, 0.3) is 0 Å². The number of aromatic nitrogens is 2. The minimum Gasteiger partial charge on any atom is -0.477 e. The number of aryl methyl sites for hydroxylation is 1. The van der Waals surface area contributed by atoms with Crippen LogP contribution in [-0.4, -0.2) is 16.6 Å². The normalized spacial score (nSPS) is 11.4. The molecule has 0 spiro atoms. The molecule has 0 radical (unpaired) electrons. The summed E-state index contributed by atoms with van der Waals surface area (Å²) < 4.78 is 44.8. The van der Waals surface area contributed by atoms with Crippen LogP contribution in [0.4, 0.5) is 24.8 Å². The SMILES string of the molecule is CCCCCCOc1nc(Nc2ccc(CCC)cc2)ncc1C(F)(F)F. The van der Waals surface area contributed by atoms with Gasteiger partial charge in [0.1, 0.15) is 5.56 Å². The number of halogens is 3. The molecule has 1 aromatic heterocycles. The molecule has 27 heavy (non-hydrogen) atoms. The molecule has 0 amide bonds. The predicted octanol–water partition coefficient (Wildman–Crippen LogP) is 6.15. The molecule has 2 rings (SSSR count). The molecule has 7 heteroatoms. The minimum absolute atomic E-state index is 0.0785. The second kappa shape index (κ2) is 10.1. The molecule has 0 aliphatic rings. The van der Waals surface area contributed by atoms with Gasteiger partial charge in [-0.15, -0.1) is 0 Å². The fourth-order valence-corrected chi connectivity index (χ4v) is 2.60. The Kier molecular flexibility index (Phi) is 7.88. The number of benzene rings is 1. The molecule has 0 fully saturated rings. The highest BCUT2D eigenvalue weighted by atomic mass is 19.4. The lowest BCUT2D eigenvalue weighted by Gasteiger charge is -2.14. The monoisotopic (exact) mass is 381 g/mol. The van der Waals surface area contributed by atoms with Crippen LogP contribution in [0.5, 0.6) is 5.88 Å². The summed E-state index contributed by atoms with van der Waals surface area (Å²) in [6.45, 7) is 4.37. The maximum absolute atomic E-state index is 13.2. The number of alkyl halides is 3. The van der Waals surface area contributed by atoms with E-state index in [4.69, 9.17) is 4.74 Å². The van der Waals surface area contributed by atoms with Crippen molar-refractivity contribution in [3.8, 4) is 5.88 Å². The predicted molar refractivity (Wildman–Crippen MR) is 100 cm³/mol. The Morgan fingerprint density at radius 1 is 1.00 bits per heavy atom. The third-order valence-electron chi connectivity index (χ3n) is 4.04. The molecule has 0 aliphatic carbocycles. The van der Waals surface area contributed by atoms with Crippen molar-refractivity contribution in [2.45, 2.75) is 58.5 Å². The van der Waals surface area contributed by atoms with Crippen LogP contribution in [0.15, 0.2) is 30.5 Å². The Balaban J connectivity index is 2.11. The first kappa shape index (κ1) is 21.0. The molecule has 0 bridgehead atoms. The van der Waals surface area contributed by atoms with Crippen LogP contribution in [0.1, 0.15) is 57.1 Å². The van der Waals surface area contributed by atoms with Gasteiger partial charge in [0.05, 0.1) is 6.61 Å². The zero-order chi connectivity index (χ0) is 19.7. The maximum atomic E-state index is 13.2. The number of nitrogens with zero attached hydrogens (tertiary/aromatic N) is 2. The zero-order valence-electron chi connectivity index (χ0n) is 15.8. The van der Waals surface area contributed by atoms with Crippen molar-refractivity contribution in [3.05, 3.63) is 41.6 Å². The molecule has 4 nitrogen and oxygen atoms in total. The number of anilines is 2. The van der Waals surface area contributed by atoms with Gasteiger partial charge in [0.15, 0.2) is 0 Å². The zero-order valence-corrected chi connectivity index (χ0v) is 15.8. The second-order valence-corrected chi connectivity index (χ2v) is 6.39.